The maximum Gasteiger partial charge on any atom is 0.226 e. The van der Waals surface area contributed by atoms with E-state index in [2.05, 4.69) is 26.5 Å². The molecular weight excluding hydrogens is 406 g/mol. The Hall–Kier alpha value is -3.57. The Morgan fingerprint density at radius 2 is 2.13 bits per heavy atom. The van der Waals surface area contributed by atoms with Crippen LogP contribution in [0.15, 0.2) is 30.3 Å². The van der Waals surface area contributed by atoms with Crippen LogP contribution in [0.5, 0.6) is 11.5 Å². The van der Waals surface area contributed by atoms with Gasteiger partial charge in [-0.15, -0.1) is 16.6 Å². The van der Waals surface area contributed by atoms with Crippen molar-refractivity contribution in [3.05, 3.63) is 52.3 Å². The van der Waals surface area contributed by atoms with E-state index in [-0.39, 0.29) is 30.0 Å². The number of amides is 1. The maximum absolute atomic E-state index is 12.5. The summed E-state index contributed by atoms with van der Waals surface area (Å²) in [6.07, 6.45) is 5.59. The average Bonchev–Trinajstić information content (AvgIpc) is 3.08. The molecular formula is C21H18ClN5O3. The van der Waals surface area contributed by atoms with E-state index in [9.17, 15) is 4.79 Å². The van der Waals surface area contributed by atoms with Crippen LogP contribution < -0.4 is 14.8 Å². The third-order valence-electron chi connectivity index (χ3n) is 4.84. The van der Waals surface area contributed by atoms with Crippen molar-refractivity contribution in [2.24, 2.45) is 0 Å². The normalized spacial score (nSPS) is 15.1. The summed E-state index contributed by atoms with van der Waals surface area (Å²) in [5, 5.41) is 15.7. The van der Waals surface area contributed by atoms with Gasteiger partial charge in [-0.3, -0.25) is 4.79 Å². The Morgan fingerprint density at radius 1 is 1.30 bits per heavy atom. The molecule has 8 nitrogen and oxygen atoms in total. The summed E-state index contributed by atoms with van der Waals surface area (Å²) in [7, 11) is 1.56. The molecule has 1 aliphatic heterocycles. The number of nitrogens with zero attached hydrogens (tertiary/aromatic N) is 4. The molecule has 1 amide bonds. The second kappa shape index (κ2) is 8.05. The van der Waals surface area contributed by atoms with Crippen molar-refractivity contribution in [2.75, 3.05) is 19.0 Å². The van der Waals surface area contributed by atoms with E-state index >= 15 is 0 Å². The first kappa shape index (κ1) is 19.7. The van der Waals surface area contributed by atoms with Crippen LogP contribution >= 0.6 is 11.6 Å². The lowest BCUT2D eigenvalue weighted by atomic mass is 9.85. The third-order valence-corrected chi connectivity index (χ3v) is 5.04. The zero-order valence-electron chi connectivity index (χ0n) is 16.3. The number of methoxy groups -OCH3 is 1. The molecule has 3 aromatic rings. The number of anilines is 1. The van der Waals surface area contributed by atoms with E-state index in [4.69, 9.17) is 27.5 Å². The fourth-order valence-corrected chi connectivity index (χ4v) is 3.66. The molecule has 0 bridgehead atoms. The summed E-state index contributed by atoms with van der Waals surface area (Å²) in [6.45, 7) is 2.00. The molecule has 0 unspecified atom stereocenters. The van der Waals surface area contributed by atoms with Gasteiger partial charge in [-0.1, -0.05) is 23.6 Å². The minimum atomic E-state index is -0.221. The summed E-state index contributed by atoms with van der Waals surface area (Å²) >= 11 is 5.84. The summed E-state index contributed by atoms with van der Waals surface area (Å²) in [5.41, 5.74) is 2.57. The number of nitrogens with one attached hydrogen (secondary N) is 1. The van der Waals surface area contributed by atoms with Crippen LogP contribution in [0.4, 0.5) is 5.82 Å². The molecule has 0 saturated heterocycles. The van der Waals surface area contributed by atoms with Gasteiger partial charge in [0, 0.05) is 17.9 Å². The van der Waals surface area contributed by atoms with Crippen LogP contribution in [0.1, 0.15) is 29.2 Å². The Bertz CT molecular complexity index is 1150. The van der Waals surface area contributed by atoms with Crippen LogP contribution in [0.2, 0.25) is 5.15 Å². The molecule has 0 aliphatic carbocycles. The van der Waals surface area contributed by atoms with Crippen molar-refractivity contribution in [3.63, 3.8) is 0 Å². The Kier molecular flexibility index (Phi) is 5.29. The standard InChI is InChI=1S/C21H18ClN5O3/c1-4-9-30-16-10-13(5-6-15(16)29-3)14-11-19(28)23-21-20(14)12(2)26-27(21)18-8-7-17(22)24-25-18/h1,5-8,10,14H,9,11H2,2-3H3,(H,23,28)/t14-/m1/s1. The number of terminal acetylenes is 1. The van der Waals surface area contributed by atoms with Crippen molar-refractivity contribution in [2.45, 2.75) is 19.3 Å². The van der Waals surface area contributed by atoms with Crippen molar-refractivity contribution >= 4 is 23.3 Å². The zero-order valence-corrected chi connectivity index (χ0v) is 17.1. The molecule has 9 heteroatoms. The van der Waals surface area contributed by atoms with Gasteiger partial charge >= 0.3 is 0 Å². The highest BCUT2D eigenvalue weighted by Gasteiger charge is 2.33. The second-order valence-electron chi connectivity index (χ2n) is 6.68. The number of hydrogen-bond donors (Lipinski definition) is 1. The number of benzene rings is 1. The number of hydrogen-bond acceptors (Lipinski definition) is 6. The van der Waals surface area contributed by atoms with E-state index in [1.54, 1.807) is 30.0 Å². The molecule has 2 aromatic heterocycles. The van der Waals surface area contributed by atoms with E-state index in [0.29, 0.717) is 23.1 Å². The zero-order chi connectivity index (χ0) is 21.3. The van der Waals surface area contributed by atoms with Crippen molar-refractivity contribution in [3.8, 4) is 29.7 Å². The Balaban J connectivity index is 1.80. The summed E-state index contributed by atoms with van der Waals surface area (Å²) in [6, 6.07) is 8.87. The summed E-state index contributed by atoms with van der Waals surface area (Å²) in [4.78, 5) is 12.5. The quantitative estimate of drug-likeness (QED) is 0.634. The molecule has 0 spiro atoms. The van der Waals surface area contributed by atoms with Crippen LogP contribution in [0.3, 0.4) is 0 Å². The number of halogens is 1. The Morgan fingerprint density at radius 3 is 2.83 bits per heavy atom. The van der Waals surface area contributed by atoms with Gasteiger partial charge in [-0.2, -0.15) is 9.78 Å². The Labute approximate surface area is 178 Å². The van der Waals surface area contributed by atoms with E-state index in [1.165, 1.54) is 0 Å². The van der Waals surface area contributed by atoms with Gasteiger partial charge in [0.05, 0.1) is 12.8 Å². The first-order chi connectivity index (χ1) is 14.5. The topological polar surface area (TPSA) is 91.2 Å². The number of rotatable bonds is 5. The van der Waals surface area contributed by atoms with Crippen LogP contribution in [0, 0.1) is 19.3 Å². The van der Waals surface area contributed by atoms with Gasteiger partial charge in [0.2, 0.25) is 5.91 Å². The number of aromatic nitrogens is 4. The van der Waals surface area contributed by atoms with Crippen molar-refractivity contribution in [1.82, 2.24) is 20.0 Å². The highest BCUT2D eigenvalue weighted by atomic mass is 35.5. The van der Waals surface area contributed by atoms with Gasteiger partial charge in [-0.25, -0.2) is 0 Å². The number of fused-ring (bicyclic) bond motifs is 1. The molecule has 1 aromatic carbocycles. The van der Waals surface area contributed by atoms with E-state index in [1.807, 2.05) is 19.1 Å². The molecule has 1 N–H and O–H groups in total. The first-order valence-electron chi connectivity index (χ1n) is 9.15. The molecule has 3 heterocycles. The van der Waals surface area contributed by atoms with Crippen molar-refractivity contribution < 1.29 is 14.3 Å². The molecule has 0 fully saturated rings. The minimum absolute atomic E-state index is 0.114. The number of ether oxygens (including phenoxy) is 2. The monoisotopic (exact) mass is 423 g/mol. The fraction of sp³-hybridized carbons (Fsp3) is 0.238. The minimum Gasteiger partial charge on any atom is -0.493 e. The lowest BCUT2D eigenvalue weighted by Gasteiger charge is -2.25. The summed E-state index contributed by atoms with van der Waals surface area (Å²) < 4.78 is 12.5. The smallest absolute Gasteiger partial charge is 0.226 e. The third kappa shape index (κ3) is 3.55. The molecule has 1 atom stereocenters. The predicted octanol–water partition coefficient (Wildman–Crippen LogP) is 3.12. The maximum atomic E-state index is 12.5. The average molecular weight is 424 g/mol. The van der Waals surface area contributed by atoms with Gasteiger partial charge in [-0.05, 0) is 36.8 Å². The molecule has 0 saturated carbocycles. The lowest BCUT2D eigenvalue weighted by molar-refractivity contribution is -0.116. The predicted molar refractivity (Wildman–Crippen MR) is 111 cm³/mol. The van der Waals surface area contributed by atoms with E-state index < -0.39 is 0 Å². The number of carbonyl (C=O) groups is 1. The SMILES string of the molecule is C#CCOc1cc([C@H]2CC(=O)Nc3c2c(C)nn3-c2ccc(Cl)nn2)ccc1OC. The fourth-order valence-electron chi connectivity index (χ4n) is 3.56. The highest BCUT2D eigenvalue weighted by Crippen LogP contribution is 2.42. The van der Waals surface area contributed by atoms with Gasteiger partial charge in [0.15, 0.2) is 22.5 Å². The molecule has 152 valence electrons. The largest absolute Gasteiger partial charge is 0.493 e. The summed E-state index contributed by atoms with van der Waals surface area (Å²) in [5.74, 6) is 4.21. The van der Waals surface area contributed by atoms with Crippen molar-refractivity contribution in [1.29, 1.82) is 0 Å². The molecule has 4 rings (SSSR count). The van der Waals surface area contributed by atoms with Gasteiger partial charge in [0.1, 0.15) is 12.4 Å². The second-order valence-corrected chi connectivity index (χ2v) is 7.07. The number of carbonyl (C=O) groups excluding carboxylic acids is 1. The first-order valence-corrected chi connectivity index (χ1v) is 9.52. The lowest BCUT2D eigenvalue weighted by Crippen LogP contribution is -2.25. The van der Waals surface area contributed by atoms with Gasteiger partial charge in [0.25, 0.3) is 0 Å². The van der Waals surface area contributed by atoms with Crippen LogP contribution in [-0.2, 0) is 4.79 Å². The van der Waals surface area contributed by atoms with Gasteiger partial charge < -0.3 is 14.8 Å². The molecule has 1 aliphatic rings. The van der Waals surface area contributed by atoms with Crippen LogP contribution in [0.25, 0.3) is 5.82 Å². The number of aryl methyl sites for hydroxylation is 1. The molecule has 0 radical (unpaired) electrons. The molecule has 30 heavy (non-hydrogen) atoms. The van der Waals surface area contributed by atoms with E-state index in [0.717, 1.165) is 16.8 Å². The highest BCUT2D eigenvalue weighted by molar-refractivity contribution is 6.29. The van der Waals surface area contributed by atoms with Crippen LogP contribution in [-0.4, -0.2) is 39.6 Å².